The first-order valence-corrected chi connectivity index (χ1v) is 20.0. The molecule has 0 bridgehead atoms. The number of pyridine rings is 1. The SMILES string of the molecule is CCC(CC)C(=O)/C=C(\O)C(CC)CC.Cc1c(CC(C)(C)C(F)(F)F)ccc2c1sc1c(-c3[c-]c4ccccc4c4c3OC(C)(C)C4(C)C)nccc12.[Ir]. The molecule has 4 nitrogen and oxygen atoms in total. The van der Waals surface area contributed by atoms with Crippen LogP contribution in [0.4, 0.5) is 13.2 Å². The zero-order valence-corrected chi connectivity index (χ0v) is 37.2. The second-order valence-corrected chi connectivity index (χ2v) is 17.4. The molecule has 3 aromatic carbocycles. The number of ether oxygens (including phenoxy) is 1. The van der Waals surface area contributed by atoms with Crippen LogP contribution in [-0.2, 0) is 36.7 Å². The molecule has 3 heterocycles. The molecule has 1 aliphatic rings. The van der Waals surface area contributed by atoms with Crippen molar-refractivity contribution in [2.45, 2.75) is 125 Å². The standard InChI is InChI=1S/C33H31F3NOS.C13H24O2.Ir/c1-18-20(17-30(2,3)33(34,35)36)12-13-22-23-14-15-37-26(29(23)39-28(18)22)24-16-19-10-8-9-11-21(19)25-27(24)38-32(6,7)31(25,4)5;1-5-10(6-2)12(14)9-13(15)11(7-3)8-4;/h8-15H,17H2,1-7H3;9-11,14H,5-8H2,1-4H3;/q-1;;/b;12-9-;. The Kier molecular flexibility index (Phi) is 13.5. The number of carbonyl (C=O) groups excluding carboxylic acids is 1. The number of aromatic nitrogens is 1. The minimum absolute atomic E-state index is 0. The first-order valence-electron chi connectivity index (χ1n) is 19.2. The van der Waals surface area contributed by atoms with Crippen molar-refractivity contribution in [1.82, 2.24) is 4.98 Å². The molecule has 299 valence electrons. The summed E-state index contributed by atoms with van der Waals surface area (Å²) < 4.78 is 49.7. The van der Waals surface area contributed by atoms with Gasteiger partial charge >= 0.3 is 6.18 Å². The smallest absolute Gasteiger partial charge is 0.394 e. The van der Waals surface area contributed by atoms with Crippen molar-refractivity contribution >= 4 is 48.1 Å². The van der Waals surface area contributed by atoms with Crippen LogP contribution in [0.5, 0.6) is 5.75 Å². The number of aliphatic hydroxyl groups excluding tert-OH is 1. The summed E-state index contributed by atoms with van der Waals surface area (Å²) in [5, 5.41) is 14.0. The van der Waals surface area contributed by atoms with Crippen LogP contribution in [-0.4, -0.2) is 27.7 Å². The number of fused-ring (bicyclic) bond motifs is 6. The van der Waals surface area contributed by atoms with Crippen LogP contribution in [0.25, 0.3) is 42.2 Å². The van der Waals surface area contributed by atoms with E-state index >= 15 is 0 Å². The molecular formula is C46H55F3IrNO3S-. The van der Waals surface area contributed by atoms with E-state index in [-0.39, 0.29) is 55.3 Å². The maximum atomic E-state index is 13.7. The van der Waals surface area contributed by atoms with E-state index in [2.05, 4.69) is 45.9 Å². The van der Waals surface area contributed by atoms with Crippen LogP contribution >= 0.6 is 11.3 Å². The molecule has 0 spiro atoms. The van der Waals surface area contributed by atoms with Gasteiger partial charge in [-0.15, -0.1) is 28.9 Å². The zero-order chi connectivity index (χ0) is 40.0. The Balaban J connectivity index is 0.000000360. The maximum Gasteiger partial charge on any atom is 0.394 e. The van der Waals surface area contributed by atoms with Gasteiger partial charge < -0.3 is 9.84 Å². The van der Waals surface area contributed by atoms with Gasteiger partial charge in [0.2, 0.25) is 0 Å². The van der Waals surface area contributed by atoms with Crippen molar-refractivity contribution in [3.63, 3.8) is 0 Å². The number of allylic oxidation sites excluding steroid dienone is 2. The summed E-state index contributed by atoms with van der Waals surface area (Å²) in [6.45, 7) is 21.2. The van der Waals surface area contributed by atoms with E-state index in [9.17, 15) is 23.1 Å². The summed E-state index contributed by atoms with van der Waals surface area (Å²) in [6, 6.07) is 17.7. The molecular weight excluding hydrogens is 896 g/mol. The molecule has 1 radical (unpaired) electrons. The Labute approximate surface area is 342 Å². The van der Waals surface area contributed by atoms with E-state index < -0.39 is 17.2 Å². The third-order valence-electron chi connectivity index (χ3n) is 12.0. The van der Waals surface area contributed by atoms with Crippen molar-refractivity contribution in [2.24, 2.45) is 17.3 Å². The number of rotatable bonds is 10. The number of carbonyl (C=O) groups is 1. The maximum absolute atomic E-state index is 13.7. The molecule has 0 atom stereocenters. The van der Waals surface area contributed by atoms with Crippen molar-refractivity contribution in [3.8, 4) is 17.0 Å². The predicted molar refractivity (Wildman–Crippen MR) is 219 cm³/mol. The van der Waals surface area contributed by atoms with Crippen molar-refractivity contribution in [2.75, 3.05) is 0 Å². The van der Waals surface area contributed by atoms with Gasteiger partial charge in [0.1, 0.15) is 5.60 Å². The summed E-state index contributed by atoms with van der Waals surface area (Å²) in [6.07, 6.45) is 2.37. The average molecular weight is 951 g/mol. The Morgan fingerprint density at radius 2 is 1.51 bits per heavy atom. The number of halogens is 3. The Morgan fingerprint density at radius 3 is 2.11 bits per heavy atom. The molecule has 9 heteroatoms. The molecule has 0 amide bonds. The minimum atomic E-state index is -4.28. The summed E-state index contributed by atoms with van der Waals surface area (Å²) in [4.78, 5) is 16.6. The van der Waals surface area contributed by atoms with E-state index in [1.807, 2.05) is 65.0 Å². The van der Waals surface area contributed by atoms with Crippen molar-refractivity contribution in [1.29, 1.82) is 0 Å². The summed E-state index contributed by atoms with van der Waals surface area (Å²) in [5.74, 6) is 1.36. The van der Waals surface area contributed by atoms with Crippen LogP contribution in [0.15, 0.2) is 60.5 Å². The van der Waals surface area contributed by atoms with E-state index in [1.54, 1.807) is 17.5 Å². The first kappa shape index (κ1) is 44.5. The Hall–Kier alpha value is -3.26. The van der Waals surface area contributed by atoms with Crippen LogP contribution in [0.1, 0.15) is 112 Å². The van der Waals surface area contributed by atoms with Gasteiger partial charge in [-0.2, -0.15) is 13.2 Å². The second kappa shape index (κ2) is 16.7. The number of thiophene rings is 1. The second-order valence-electron chi connectivity index (χ2n) is 16.4. The fourth-order valence-electron chi connectivity index (χ4n) is 7.49. The fourth-order valence-corrected chi connectivity index (χ4v) is 8.80. The summed E-state index contributed by atoms with van der Waals surface area (Å²) in [5.41, 5.74) is 1.88. The predicted octanol–water partition coefficient (Wildman–Crippen LogP) is 13.8. The normalized spacial score (nSPS) is 15.2. The van der Waals surface area contributed by atoms with Crippen LogP contribution in [0.3, 0.4) is 0 Å². The number of benzene rings is 3. The van der Waals surface area contributed by atoms with E-state index in [0.29, 0.717) is 0 Å². The zero-order valence-electron chi connectivity index (χ0n) is 34.0. The summed E-state index contributed by atoms with van der Waals surface area (Å²) >= 11 is 1.59. The third-order valence-corrected chi connectivity index (χ3v) is 13.4. The number of hydrogen-bond acceptors (Lipinski definition) is 5. The van der Waals surface area contributed by atoms with E-state index in [0.717, 1.165) is 90.3 Å². The van der Waals surface area contributed by atoms with Crippen molar-refractivity contribution < 1.29 is 47.9 Å². The monoisotopic (exact) mass is 951 g/mol. The van der Waals surface area contributed by atoms with Gasteiger partial charge in [-0.05, 0) is 75.5 Å². The van der Waals surface area contributed by atoms with Gasteiger partial charge in [0, 0.05) is 70.1 Å². The molecule has 1 N–H and O–H groups in total. The molecule has 0 saturated carbocycles. The fraction of sp³-hybridized carbons (Fsp3) is 0.478. The van der Waals surface area contributed by atoms with Gasteiger partial charge in [0.05, 0.1) is 16.9 Å². The van der Waals surface area contributed by atoms with Gasteiger partial charge in [0.25, 0.3) is 0 Å². The number of hydrogen-bond donors (Lipinski definition) is 1. The van der Waals surface area contributed by atoms with Gasteiger partial charge in [-0.25, -0.2) is 0 Å². The van der Waals surface area contributed by atoms with E-state index in [4.69, 9.17) is 9.72 Å². The topological polar surface area (TPSA) is 59.4 Å². The molecule has 0 unspecified atom stereocenters. The van der Waals surface area contributed by atoms with Crippen LogP contribution < -0.4 is 4.74 Å². The largest absolute Gasteiger partial charge is 0.521 e. The molecule has 0 aliphatic carbocycles. The molecule has 1 aliphatic heterocycles. The first-order chi connectivity index (χ1) is 25.2. The van der Waals surface area contributed by atoms with Gasteiger partial charge in [-0.3, -0.25) is 9.78 Å². The third kappa shape index (κ3) is 8.27. The molecule has 0 saturated heterocycles. The van der Waals surface area contributed by atoms with Gasteiger partial charge in [0.15, 0.2) is 5.78 Å². The van der Waals surface area contributed by atoms with Crippen LogP contribution in [0, 0.1) is 30.2 Å². The number of aryl methyl sites for hydroxylation is 1. The van der Waals surface area contributed by atoms with Crippen molar-refractivity contribution in [3.05, 3.63) is 83.3 Å². The molecule has 55 heavy (non-hydrogen) atoms. The molecule has 2 aromatic heterocycles. The number of nitrogens with zero attached hydrogens (tertiary/aromatic N) is 1. The number of alkyl halides is 3. The van der Waals surface area contributed by atoms with E-state index in [1.165, 1.54) is 19.9 Å². The molecule has 6 rings (SSSR count). The minimum Gasteiger partial charge on any atom is -0.521 e. The number of ketones is 1. The van der Waals surface area contributed by atoms with Gasteiger partial charge in [-0.1, -0.05) is 102 Å². The number of aliphatic hydroxyl groups is 1. The Morgan fingerprint density at radius 1 is 0.909 bits per heavy atom. The van der Waals surface area contributed by atoms with Crippen LogP contribution in [0.2, 0.25) is 0 Å². The molecule has 0 fully saturated rings. The molecule has 5 aromatic rings. The quantitative estimate of drug-likeness (QED) is 0.0861. The summed E-state index contributed by atoms with van der Waals surface area (Å²) in [7, 11) is 0. The Bertz CT molecular complexity index is 2210. The average Bonchev–Trinajstić information content (AvgIpc) is 3.58.